The van der Waals surface area contributed by atoms with Crippen LogP contribution in [-0.2, 0) is 4.79 Å². The number of benzene rings is 1. The molecule has 94 valence electrons. The van der Waals surface area contributed by atoms with E-state index in [0.29, 0.717) is 4.47 Å². The Morgan fingerprint density at radius 3 is 2.47 bits per heavy atom. The average Bonchev–Trinajstić information content (AvgIpc) is 2.18. The molecule has 0 bridgehead atoms. The second-order valence-corrected chi connectivity index (χ2v) is 4.03. The van der Waals surface area contributed by atoms with Crippen molar-refractivity contribution in [2.45, 2.75) is 18.7 Å². The quantitative estimate of drug-likeness (QED) is 0.928. The first-order valence-electron chi connectivity index (χ1n) is 4.50. The van der Waals surface area contributed by atoms with Gasteiger partial charge >= 0.3 is 12.1 Å². The zero-order chi connectivity index (χ0) is 13.1. The summed E-state index contributed by atoms with van der Waals surface area (Å²) >= 11 is 3.02. The van der Waals surface area contributed by atoms with Gasteiger partial charge in [-0.15, -0.1) is 0 Å². The number of carbonyl (C=O) groups is 1. The third-order valence-electron chi connectivity index (χ3n) is 1.83. The molecule has 1 unspecified atom stereocenters. The molecule has 0 aliphatic carbocycles. The third-order valence-corrected chi connectivity index (χ3v) is 2.49. The maximum atomic E-state index is 12.5. The second kappa shape index (κ2) is 5.39. The molecule has 1 aromatic rings. The predicted octanol–water partition coefficient (Wildman–Crippen LogP) is 3.23. The molecule has 0 amide bonds. The Balaban J connectivity index is 2.87. The second-order valence-electron chi connectivity index (χ2n) is 3.18. The summed E-state index contributed by atoms with van der Waals surface area (Å²) in [7, 11) is 0. The lowest BCUT2D eigenvalue weighted by atomic mass is 10.2. The van der Waals surface area contributed by atoms with Gasteiger partial charge in [0, 0.05) is 0 Å². The van der Waals surface area contributed by atoms with Crippen molar-refractivity contribution in [3.8, 4) is 5.75 Å². The van der Waals surface area contributed by atoms with Gasteiger partial charge in [-0.2, -0.15) is 13.2 Å². The molecule has 0 aliphatic heterocycles. The summed E-state index contributed by atoms with van der Waals surface area (Å²) in [4.78, 5) is 10.3. The number of aliphatic carboxylic acids is 1. The number of alkyl halides is 3. The first-order chi connectivity index (χ1) is 7.80. The molecule has 1 N–H and O–H groups in total. The summed E-state index contributed by atoms with van der Waals surface area (Å²) in [6.07, 6.45) is -8.22. The minimum Gasteiger partial charge on any atom is -0.481 e. The van der Waals surface area contributed by atoms with E-state index in [1.165, 1.54) is 18.2 Å². The van der Waals surface area contributed by atoms with Crippen molar-refractivity contribution in [1.82, 2.24) is 0 Å². The lowest BCUT2D eigenvalue weighted by molar-refractivity contribution is -0.200. The van der Waals surface area contributed by atoms with E-state index in [4.69, 9.17) is 5.11 Å². The number of hydrogen-bond acceptors (Lipinski definition) is 2. The Kier molecular flexibility index (Phi) is 4.39. The van der Waals surface area contributed by atoms with Crippen molar-refractivity contribution in [1.29, 1.82) is 0 Å². The summed E-state index contributed by atoms with van der Waals surface area (Å²) in [5, 5.41) is 8.40. The molecule has 0 fully saturated rings. The van der Waals surface area contributed by atoms with Crippen LogP contribution < -0.4 is 4.74 Å². The molecule has 7 heteroatoms. The largest absolute Gasteiger partial charge is 0.481 e. The van der Waals surface area contributed by atoms with Crippen molar-refractivity contribution in [2.24, 2.45) is 0 Å². The van der Waals surface area contributed by atoms with Crippen molar-refractivity contribution in [2.75, 3.05) is 0 Å². The Hall–Kier alpha value is -1.24. The molecule has 0 radical (unpaired) electrons. The summed E-state index contributed by atoms with van der Waals surface area (Å²) in [5.41, 5.74) is 0. The van der Waals surface area contributed by atoms with E-state index >= 15 is 0 Å². The van der Waals surface area contributed by atoms with Gasteiger partial charge in [0.1, 0.15) is 5.75 Å². The summed E-state index contributed by atoms with van der Waals surface area (Å²) < 4.78 is 42.5. The minimum atomic E-state index is -4.73. The molecule has 0 spiro atoms. The van der Waals surface area contributed by atoms with Gasteiger partial charge in [0.25, 0.3) is 0 Å². The van der Waals surface area contributed by atoms with Crippen molar-refractivity contribution in [3.63, 3.8) is 0 Å². The topological polar surface area (TPSA) is 46.5 Å². The van der Waals surface area contributed by atoms with Gasteiger partial charge in [-0.25, -0.2) is 0 Å². The zero-order valence-corrected chi connectivity index (χ0v) is 9.96. The fourth-order valence-electron chi connectivity index (χ4n) is 1.08. The maximum Gasteiger partial charge on any atom is 0.426 e. The molecule has 1 atom stereocenters. The van der Waals surface area contributed by atoms with Crippen LogP contribution in [0.2, 0.25) is 0 Å². The monoisotopic (exact) mass is 312 g/mol. The molecule has 3 nitrogen and oxygen atoms in total. The smallest absolute Gasteiger partial charge is 0.426 e. The van der Waals surface area contributed by atoms with Crippen molar-refractivity contribution < 1.29 is 27.8 Å². The van der Waals surface area contributed by atoms with E-state index in [1.54, 1.807) is 6.07 Å². The molecule has 0 saturated carbocycles. The van der Waals surface area contributed by atoms with Gasteiger partial charge in [0.2, 0.25) is 6.10 Å². The first kappa shape index (κ1) is 13.8. The van der Waals surface area contributed by atoms with Crippen LogP contribution in [-0.4, -0.2) is 23.4 Å². The number of halogens is 4. The normalized spacial score (nSPS) is 13.2. The van der Waals surface area contributed by atoms with Gasteiger partial charge in [-0.05, 0) is 28.1 Å². The lowest BCUT2D eigenvalue weighted by Crippen LogP contribution is -2.36. The molecule has 0 heterocycles. The van der Waals surface area contributed by atoms with Gasteiger partial charge < -0.3 is 9.84 Å². The van der Waals surface area contributed by atoms with Crippen LogP contribution in [0.25, 0.3) is 0 Å². The van der Waals surface area contributed by atoms with Crippen LogP contribution in [0.15, 0.2) is 28.7 Å². The van der Waals surface area contributed by atoms with E-state index < -0.39 is 24.7 Å². The molecule has 1 aromatic carbocycles. The van der Waals surface area contributed by atoms with Crippen LogP contribution in [0.5, 0.6) is 5.75 Å². The fraction of sp³-hybridized carbons (Fsp3) is 0.300. The van der Waals surface area contributed by atoms with Crippen LogP contribution >= 0.6 is 15.9 Å². The van der Waals surface area contributed by atoms with Gasteiger partial charge in [0.05, 0.1) is 10.9 Å². The maximum absolute atomic E-state index is 12.5. The molecular weight excluding hydrogens is 305 g/mol. The van der Waals surface area contributed by atoms with Gasteiger partial charge in [0.15, 0.2) is 0 Å². The number of carboxylic acid groups (broad SMARTS) is 1. The standard InChI is InChI=1S/C10H8BrF3O3/c11-6-3-1-2-4-7(6)17-8(5-9(15)16)10(12,13)14/h1-4,8H,5H2,(H,15,16). The summed E-state index contributed by atoms with van der Waals surface area (Å²) in [6.45, 7) is 0. The highest BCUT2D eigenvalue weighted by Crippen LogP contribution is 2.31. The number of carboxylic acids is 1. The molecule has 0 saturated heterocycles. The van der Waals surface area contributed by atoms with E-state index in [-0.39, 0.29) is 5.75 Å². The van der Waals surface area contributed by atoms with Gasteiger partial charge in [-0.1, -0.05) is 12.1 Å². The predicted molar refractivity (Wildman–Crippen MR) is 56.9 cm³/mol. The molecule has 1 rings (SSSR count). The fourth-order valence-corrected chi connectivity index (χ4v) is 1.45. The van der Waals surface area contributed by atoms with Crippen LogP contribution in [0, 0.1) is 0 Å². The SMILES string of the molecule is O=C(O)CC(Oc1ccccc1Br)C(F)(F)F. The van der Waals surface area contributed by atoms with Crippen LogP contribution in [0.1, 0.15) is 6.42 Å². The lowest BCUT2D eigenvalue weighted by Gasteiger charge is -2.20. The van der Waals surface area contributed by atoms with E-state index in [1.807, 2.05) is 0 Å². The number of ether oxygens (including phenoxy) is 1. The summed E-state index contributed by atoms with van der Waals surface area (Å²) in [6, 6.07) is 5.93. The highest BCUT2D eigenvalue weighted by Gasteiger charge is 2.43. The molecular formula is C10H8BrF3O3. The first-order valence-corrected chi connectivity index (χ1v) is 5.29. The Labute approximate surface area is 103 Å². The van der Waals surface area contributed by atoms with Gasteiger partial charge in [-0.3, -0.25) is 4.79 Å². The van der Waals surface area contributed by atoms with Crippen LogP contribution in [0.4, 0.5) is 13.2 Å². The average molecular weight is 313 g/mol. The highest BCUT2D eigenvalue weighted by atomic mass is 79.9. The number of hydrogen-bond donors (Lipinski definition) is 1. The molecule has 0 aliphatic rings. The number of rotatable bonds is 4. The zero-order valence-electron chi connectivity index (χ0n) is 8.37. The van der Waals surface area contributed by atoms with E-state index in [9.17, 15) is 18.0 Å². The Morgan fingerprint density at radius 1 is 1.41 bits per heavy atom. The molecule has 17 heavy (non-hydrogen) atoms. The summed E-state index contributed by atoms with van der Waals surface area (Å²) in [5.74, 6) is -1.62. The number of para-hydroxylation sites is 1. The van der Waals surface area contributed by atoms with Crippen molar-refractivity contribution >= 4 is 21.9 Å². The molecule has 0 aromatic heterocycles. The third kappa shape index (κ3) is 4.26. The van der Waals surface area contributed by atoms with Crippen LogP contribution in [0.3, 0.4) is 0 Å². The highest BCUT2D eigenvalue weighted by molar-refractivity contribution is 9.10. The van der Waals surface area contributed by atoms with E-state index in [2.05, 4.69) is 20.7 Å². The minimum absolute atomic E-state index is 0.0453. The van der Waals surface area contributed by atoms with E-state index in [0.717, 1.165) is 0 Å². The Morgan fingerprint density at radius 2 is 2.00 bits per heavy atom. The Bertz CT molecular complexity index is 406. The van der Waals surface area contributed by atoms with Crippen molar-refractivity contribution in [3.05, 3.63) is 28.7 Å².